The lowest BCUT2D eigenvalue weighted by Crippen LogP contribution is -1.98. The molecule has 0 atom stereocenters. The lowest BCUT2D eigenvalue weighted by Gasteiger charge is -2.04. The van der Waals surface area contributed by atoms with Gasteiger partial charge >= 0.3 is 0 Å². The van der Waals surface area contributed by atoms with Gasteiger partial charge in [0.1, 0.15) is 5.75 Å². The van der Waals surface area contributed by atoms with Gasteiger partial charge in [-0.1, -0.05) is 0 Å². The maximum atomic E-state index is 8.76. The maximum Gasteiger partial charge on any atom is 0.137 e. The number of hydrogen-bond acceptors (Lipinski definition) is 3. The highest BCUT2D eigenvalue weighted by atomic mass is 35.5. The molecular formula is C10H15Cl2NO2. The Morgan fingerprint density at radius 2 is 2.13 bits per heavy atom. The first-order valence-electron chi connectivity index (χ1n) is 4.61. The molecule has 0 spiro atoms. The third-order valence-electron chi connectivity index (χ3n) is 1.76. The molecule has 0 aliphatic heterocycles. The molecule has 0 bridgehead atoms. The van der Waals surface area contributed by atoms with E-state index < -0.39 is 0 Å². The Hall–Kier alpha value is -0.510. The fraction of sp³-hybridized carbons (Fsp3) is 0.500. The summed E-state index contributed by atoms with van der Waals surface area (Å²) in [7, 11) is 0. The van der Waals surface area contributed by atoms with E-state index in [9.17, 15) is 0 Å². The standard InChI is InChI=1S/C10H14ClNO2.ClH/c11-5-1-2-6-14-10-4-3-9(8-13)12-7-10;/h3-4,7,13H,1-2,5-6,8H2;1H. The summed E-state index contributed by atoms with van der Waals surface area (Å²) in [5, 5.41) is 8.76. The van der Waals surface area contributed by atoms with Crippen LogP contribution in [-0.4, -0.2) is 22.6 Å². The number of alkyl halides is 1. The van der Waals surface area contributed by atoms with Crippen molar-refractivity contribution in [3.05, 3.63) is 24.0 Å². The van der Waals surface area contributed by atoms with Gasteiger partial charge in [0.2, 0.25) is 0 Å². The molecule has 1 aromatic rings. The van der Waals surface area contributed by atoms with Gasteiger partial charge in [0, 0.05) is 5.88 Å². The fourth-order valence-electron chi connectivity index (χ4n) is 0.976. The first-order chi connectivity index (χ1) is 6.86. The number of aliphatic hydroxyl groups is 1. The molecule has 86 valence electrons. The minimum absolute atomic E-state index is 0. The molecule has 1 aromatic heterocycles. The predicted molar refractivity (Wildman–Crippen MR) is 62.9 cm³/mol. The molecule has 0 aromatic carbocycles. The van der Waals surface area contributed by atoms with E-state index in [-0.39, 0.29) is 19.0 Å². The smallest absolute Gasteiger partial charge is 0.137 e. The highest BCUT2D eigenvalue weighted by Crippen LogP contribution is 2.09. The first-order valence-corrected chi connectivity index (χ1v) is 5.15. The van der Waals surface area contributed by atoms with E-state index in [4.69, 9.17) is 21.4 Å². The van der Waals surface area contributed by atoms with Crippen molar-refractivity contribution in [3.63, 3.8) is 0 Å². The molecule has 0 unspecified atom stereocenters. The average molecular weight is 252 g/mol. The topological polar surface area (TPSA) is 42.4 Å². The molecule has 1 rings (SSSR count). The number of pyridine rings is 1. The van der Waals surface area contributed by atoms with Gasteiger partial charge < -0.3 is 9.84 Å². The highest BCUT2D eigenvalue weighted by molar-refractivity contribution is 6.17. The van der Waals surface area contributed by atoms with Gasteiger partial charge in [-0.3, -0.25) is 4.98 Å². The molecule has 0 amide bonds. The van der Waals surface area contributed by atoms with Gasteiger partial charge in [0.25, 0.3) is 0 Å². The SMILES string of the molecule is Cl.OCc1ccc(OCCCCCl)cn1. The summed E-state index contributed by atoms with van der Waals surface area (Å²) in [5.41, 5.74) is 0.651. The fourth-order valence-corrected chi connectivity index (χ4v) is 1.17. The first kappa shape index (κ1) is 14.5. The van der Waals surface area contributed by atoms with Crippen molar-refractivity contribution < 1.29 is 9.84 Å². The van der Waals surface area contributed by atoms with E-state index in [1.54, 1.807) is 18.3 Å². The second kappa shape index (κ2) is 8.77. The van der Waals surface area contributed by atoms with Crippen LogP contribution in [-0.2, 0) is 6.61 Å². The summed E-state index contributed by atoms with van der Waals surface area (Å²) < 4.78 is 5.40. The Kier molecular flexibility index (Phi) is 8.47. The molecule has 0 fully saturated rings. The van der Waals surface area contributed by atoms with E-state index in [1.165, 1.54) is 0 Å². The summed E-state index contributed by atoms with van der Waals surface area (Å²) in [4.78, 5) is 4.00. The minimum atomic E-state index is -0.0352. The van der Waals surface area contributed by atoms with E-state index >= 15 is 0 Å². The van der Waals surface area contributed by atoms with Crippen LogP contribution in [0.15, 0.2) is 18.3 Å². The van der Waals surface area contributed by atoms with Gasteiger partial charge in [0.15, 0.2) is 0 Å². The van der Waals surface area contributed by atoms with Gasteiger partial charge in [-0.05, 0) is 25.0 Å². The molecule has 3 nitrogen and oxygen atoms in total. The van der Waals surface area contributed by atoms with E-state index in [1.807, 2.05) is 0 Å². The molecular weight excluding hydrogens is 237 g/mol. The zero-order chi connectivity index (χ0) is 10.2. The van der Waals surface area contributed by atoms with Crippen LogP contribution in [0.25, 0.3) is 0 Å². The normalized spacial score (nSPS) is 9.47. The lowest BCUT2D eigenvalue weighted by atomic mass is 10.3. The molecule has 0 aliphatic rings. The van der Waals surface area contributed by atoms with E-state index in [0.717, 1.165) is 18.6 Å². The number of rotatable bonds is 6. The molecule has 0 saturated heterocycles. The number of aromatic nitrogens is 1. The summed E-state index contributed by atoms with van der Waals surface area (Å²) >= 11 is 5.53. The molecule has 0 radical (unpaired) electrons. The monoisotopic (exact) mass is 251 g/mol. The lowest BCUT2D eigenvalue weighted by molar-refractivity contribution is 0.275. The van der Waals surface area contributed by atoms with Crippen molar-refractivity contribution in [1.82, 2.24) is 4.98 Å². The number of aliphatic hydroxyl groups excluding tert-OH is 1. The minimum Gasteiger partial charge on any atom is -0.492 e. The van der Waals surface area contributed by atoms with Crippen LogP contribution in [0.5, 0.6) is 5.75 Å². The van der Waals surface area contributed by atoms with Crippen LogP contribution in [0.2, 0.25) is 0 Å². The summed E-state index contributed by atoms with van der Waals surface area (Å²) in [6.07, 6.45) is 3.53. The predicted octanol–water partition coefficient (Wildman–Crippen LogP) is 2.39. The molecule has 1 N–H and O–H groups in total. The number of unbranched alkanes of at least 4 members (excludes halogenated alkanes) is 1. The van der Waals surface area contributed by atoms with Crippen molar-refractivity contribution in [2.45, 2.75) is 19.4 Å². The Bertz CT molecular complexity index is 254. The maximum absolute atomic E-state index is 8.76. The number of nitrogens with zero attached hydrogens (tertiary/aromatic N) is 1. The molecule has 0 aliphatic carbocycles. The largest absolute Gasteiger partial charge is 0.492 e. The van der Waals surface area contributed by atoms with Crippen LogP contribution in [0.1, 0.15) is 18.5 Å². The van der Waals surface area contributed by atoms with Crippen molar-refractivity contribution in [2.24, 2.45) is 0 Å². The van der Waals surface area contributed by atoms with Gasteiger partial charge in [-0.25, -0.2) is 0 Å². The van der Waals surface area contributed by atoms with Crippen LogP contribution >= 0.6 is 24.0 Å². The average Bonchev–Trinajstić information content (AvgIpc) is 2.25. The summed E-state index contributed by atoms with van der Waals surface area (Å²) in [6, 6.07) is 3.55. The van der Waals surface area contributed by atoms with Crippen LogP contribution < -0.4 is 4.74 Å². The van der Waals surface area contributed by atoms with Gasteiger partial charge in [0.05, 0.1) is 25.1 Å². The highest BCUT2D eigenvalue weighted by Gasteiger charge is 1.95. The van der Waals surface area contributed by atoms with Crippen LogP contribution in [0, 0.1) is 0 Å². The van der Waals surface area contributed by atoms with Crippen molar-refractivity contribution in [3.8, 4) is 5.75 Å². The molecule has 0 saturated carbocycles. The zero-order valence-corrected chi connectivity index (χ0v) is 9.93. The van der Waals surface area contributed by atoms with Crippen LogP contribution in [0.4, 0.5) is 0 Å². The molecule has 1 heterocycles. The molecule has 5 heteroatoms. The Morgan fingerprint density at radius 3 is 2.67 bits per heavy atom. The van der Waals surface area contributed by atoms with Gasteiger partial charge in [-0.15, -0.1) is 24.0 Å². The summed E-state index contributed by atoms with van der Waals surface area (Å²) in [6.45, 7) is 0.624. The number of halogens is 2. The second-order valence-electron chi connectivity index (χ2n) is 2.89. The van der Waals surface area contributed by atoms with E-state index in [2.05, 4.69) is 4.98 Å². The Morgan fingerprint density at radius 1 is 1.33 bits per heavy atom. The zero-order valence-electron chi connectivity index (χ0n) is 8.36. The second-order valence-corrected chi connectivity index (χ2v) is 3.27. The number of hydrogen-bond donors (Lipinski definition) is 1. The quantitative estimate of drug-likeness (QED) is 0.624. The van der Waals surface area contributed by atoms with Gasteiger partial charge in [-0.2, -0.15) is 0 Å². The van der Waals surface area contributed by atoms with Crippen LogP contribution in [0.3, 0.4) is 0 Å². The summed E-state index contributed by atoms with van der Waals surface area (Å²) in [5.74, 6) is 1.40. The van der Waals surface area contributed by atoms with Crippen molar-refractivity contribution in [2.75, 3.05) is 12.5 Å². The van der Waals surface area contributed by atoms with Crippen molar-refractivity contribution >= 4 is 24.0 Å². The number of ether oxygens (including phenoxy) is 1. The third-order valence-corrected chi connectivity index (χ3v) is 2.02. The third kappa shape index (κ3) is 5.82. The molecule has 15 heavy (non-hydrogen) atoms. The van der Waals surface area contributed by atoms with E-state index in [0.29, 0.717) is 18.2 Å². The van der Waals surface area contributed by atoms with Crippen molar-refractivity contribution in [1.29, 1.82) is 0 Å². The Balaban J connectivity index is 0.00000196. The Labute approximate surface area is 101 Å².